The highest BCUT2D eigenvalue weighted by molar-refractivity contribution is 6.26. The van der Waals surface area contributed by atoms with E-state index in [0.717, 1.165) is 11.2 Å². The molecule has 1 aromatic heterocycles. The van der Waals surface area contributed by atoms with Crippen molar-refractivity contribution < 1.29 is 4.42 Å². The summed E-state index contributed by atoms with van der Waals surface area (Å²) in [4.78, 5) is 2.37. The minimum absolute atomic E-state index is 0.934. The van der Waals surface area contributed by atoms with Crippen LogP contribution in [0, 0.1) is 0 Å². The first-order valence-electron chi connectivity index (χ1n) is 10.2. The second-order valence-electron chi connectivity index (χ2n) is 7.79. The molecule has 1 aliphatic heterocycles. The van der Waals surface area contributed by atoms with E-state index in [1.165, 1.54) is 49.7 Å². The fraction of sp³-hybridized carbons (Fsp3) is 0. The van der Waals surface area contributed by atoms with Crippen LogP contribution in [0.25, 0.3) is 43.8 Å². The molecular weight excluding hydrogens is 366 g/mol. The van der Waals surface area contributed by atoms with Crippen LogP contribution in [0.1, 0.15) is 0 Å². The van der Waals surface area contributed by atoms with E-state index in [0.29, 0.717) is 0 Å². The lowest BCUT2D eigenvalue weighted by atomic mass is 9.87. The number of nitrogens with zero attached hydrogens (tertiary/aromatic N) is 1. The topological polar surface area (TPSA) is 16.4 Å². The van der Waals surface area contributed by atoms with Crippen molar-refractivity contribution >= 4 is 49.8 Å². The number of anilines is 3. The number of rotatable bonds is 1. The first kappa shape index (κ1) is 15.8. The van der Waals surface area contributed by atoms with Crippen LogP contribution in [0.15, 0.2) is 108 Å². The molecule has 0 saturated carbocycles. The van der Waals surface area contributed by atoms with Gasteiger partial charge in [0.1, 0.15) is 11.2 Å². The predicted molar refractivity (Wildman–Crippen MR) is 125 cm³/mol. The molecule has 0 bridgehead atoms. The maximum absolute atomic E-state index is 6.28. The molecule has 0 unspecified atom stereocenters. The summed E-state index contributed by atoms with van der Waals surface area (Å²) < 4.78 is 6.28. The molecule has 0 radical (unpaired) electrons. The Kier molecular flexibility index (Phi) is 3.03. The highest BCUT2D eigenvalue weighted by Gasteiger charge is 2.28. The molecule has 2 heteroatoms. The van der Waals surface area contributed by atoms with Crippen molar-refractivity contribution in [2.24, 2.45) is 0 Å². The van der Waals surface area contributed by atoms with Gasteiger partial charge in [-0.05, 0) is 41.8 Å². The number of furan rings is 1. The lowest BCUT2D eigenvalue weighted by Gasteiger charge is -2.33. The monoisotopic (exact) mass is 383 g/mol. The van der Waals surface area contributed by atoms with Crippen LogP contribution in [0.3, 0.4) is 0 Å². The van der Waals surface area contributed by atoms with Crippen molar-refractivity contribution in [2.45, 2.75) is 0 Å². The Morgan fingerprint density at radius 1 is 0.567 bits per heavy atom. The Labute approximate surface area is 173 Å². The molecule has 6 aromatic rings. The summed E-state index contributed by atoms with van der Waals surface area (Å²) in [6, 6.07) is 36.4. The second-order valence-corrected chi connectivity index (χ2v) is 7.79. The van der Waals surface area contributed by atoms with E-state index in [1.807, 2.05) is 6.07 Å². The van der Waals surface area contributed by atoms with Gasteiger partial charge in [-0.2, -0.15) is 0 Å². The largest absolute Gasteiger partial charge is 0.456 e. The highest BCUT2D eigenvalue weighted by atomic mass is 16.3. The van der Waals surface area contributed by atoms with E-state index in [9.17, 15) is 0 Å². The smallest absolute Gasteiger partial charge is 0.136 e. The summed E-state index contributed by atoms with van der Waals surface area (Å²) in [6.07, 6.45) is 0. The summed E-state index contributed by atoms with van der Waals surface area (Å²) in [7, 11) is 0. The normalized spacial score (nSPS) is 12.6. The molecule has 1 aliphatic rings. The van der Waals surface area contributed by atoms with Gasteiger partial charge in [0.15, 0.2) is 0 Å². The molecular formula is C28H17NO. The predicted octanol–water partition coefficient (Wildman–Crippen LogP) is 8.19. The molecule has 140 valence electrons. The van der Waals surface area contributed by atoms with E-state index in [1.54, 1.807) is 0 Å². The number of para-hydroxylation sites is 3. The van der Waals surface area contributed by atoms with Crippen molar-refractivity contribution in [2.75, 3.05) is 4.90 Å². The Hall–Kier alpha value is -4.04. The van der Waals surface area contributed by atoms with Gasteiger partial charge in [-0.25, -0.2) is 0 Å². The van der Waals surface area contributed by atoms with E-state index >= 15 is 0 Å². The van der Waals surface area contributed by atoms with Crippen molar-refractivity contribution in [1.29, 1.82) is 0 Å². The third kappa shape index (κ3) is 1.98. The Morgan fingerprint density at radius 2 is 1.33 bits per heavy atom. The van der Waals surface area contributed by atoms with Crippen LogP contribution < -0.4 is 4.90 Å². The van der Waals surface area contributed by atoms with Crippen molar-refractivity contribution in [3.63, 3.8) is 0 Å². The summed E-state index contributed by atoms with van der Waals surface area (Å²) in [5, 5.41) is 4.84. The number of hydrogen-bond donors (Lipinski definition) is 0. The van der Waals surface area contributed by atoms with Gasteiger partial charge in [-0.3, -0.25) is 0 Å². The molecule has 0 atom stereocenters. The quantitative estimate of drug-likeness (QED) is 0.284. The molecule has 0 N–H and O–H groups in total. The van der Waals surface area contributed by atoms with Crippen LogP contribution in [0.4, 0.5) is 17.1 Å². The maximum atomic E-state index is 6.28. The molecule has 30 heavy (non-hydrogen) atoms. The molecule has 0 amide bonds. The third-order valence-electron chi connectivity index (χ3n) is 6.15. The van der Waals surface area contributed by atoms with E-state index in [2.05, 4.69) is 102 Å². The number of fused-ring (bicyclic) bond motifs is 6. The zero-order valence-electron chi connectivity index (χ0n) is 16.2. The molecule has 0 saturated heterocycles. The Balaban J connectivity index is 1.74. The van der Waals surface area contributed by atoms with E-state index in [4.69, 9.17) is 4.42 Å². The Morgan fingerprint density at radius 3 is 2.27 bits per heavy atom. The highest BCUT2D eigenvalue weighted by Crippen LogP contribution is 2.54. The zero-order valence-corrected chi connectivity index (χ0v) is 16.2. The van der Waals surface area contributed by atoms with E-state index in [-0.39, 0.29) is 0 Å². The molecule has 2 heterocycles. The molecule has 0 aliphatic carbocycles. The minimum Gasteiger partial charge on any atom is -0.456 e. The van der Waals surface area contributed by atoms with Crippen molar-refractivity contribution in [3.05, 3.63) is 103 Å². The van der Waals surface area contributed by atoms with E-state index < -0.39 is 0 Å². The molecule has 0 spiro atoms. The SMILES string of the molecule is c1ccc(N2c3ccccc3-c3c4c2cccc4cc2oc4ccccc4c32)cc1. The van der Waals surface area contributed by atoms with Gasteiger partial charge in [-0.15, -0.1) is 0 Å². The molecule has 2 nitrogen and oxygen atoms in total. The fourth-order valence-corrected chi connectivity index (χ4v) is 4.96. The summed E-state index contributed by atoms with van der Waals surface area (Å²) in [5.74, 6) is 0. The van der Waals surface area contributed by atoms with Crippen LogP contribution in [-0.4, -0.2) is 0 Å². The summed E-state index contributed by atoms with van der Waals surface area (Å²) >= 11 is 0. The Bertz CT molecular complexity index is 1590. The van der Waals surface area contributed by atoms with Crippen molar-refractivity contribution in [3.8, 4) is 11.1 Å². The lowest BCUT2D eigenvalue weighted by molar-refractivity contribution is 0.669. The summed E-state index contributed by atoms with van der Waals surface area (Å²) in [5.41, 5.74) is 7.96. The van der Waals surface area contributed by atoms with Gasteiger partial charge in [0.25, 0.3) is 0 Å². The molecule has 5 aromatic carbocycles. The first-order chi connectivity index (χ1) is 14.9. The molecule has 0 fully saturated rings. The number of hydrogen-bond acceptors (Lipinski definition) is 2. The van der Waals surface area contributed by atoms with Crippen LogP contribution in [0.2, 0.25) is 0 Å². The standard InChI is InChI=1S/C28H17NO/c1-2-10-19(11-3-1)29-22-14-6-4-12-20(22)28-26-18(9-8-15-23(26)29)17-25-27(28)21-13-5-7-16-24(21)30-25/h1-17H. The first-order valence-corrected chi connectivity index (χ1v) is 10.2. The molecule has 7 rings (SSSR count). The van der Waals surface area contributed by atoms with Gasteiger partial charge < -0.3 is 9.32 Å². The van der Waals surface area contributed by atoms with Crippen LogP contribution >= 0.6 is 0 Å². The van der Waals surface area contributed by atoms with Gasteiger partial charge in [0, 0.05) is 33.0 Å². The second kappa shape index (κ2) is 5.74. The zero-order chi connectivity index (χ0) is 19.7. The van der Waals surface area contributed by atoms with Gasteiger partial charge in [0.2, 0.25) is 0 Å². The average Bonchev–Trinajstić information content (AvgIpc) is 3.17. The van der Waals surface area contributed by atoms with Crippen LogP contribution in [-0.2, 0) is 0 Å². The lowest BCUT2D eigenvalue weighted by Crippen LogP contribution is -2.14. The van der Waals surface area contributed by atoms with Crippen molar-refractivity contribution in [1.82, 2.24) is 0 Å². The van der Waals surface area contributed by atoms with Gasteiger partial charge >= 0.3 is 0 Å². The number of benzene rings is 5. The third-order valence-corrected chi connectivity index (χ3v) is 6.15. The minimum atomic E-state index is 0.934. The average molecular weight is 383 g/mol. The van der Waals surface area contributed by atoms with Gasteiger partial charge in [-0.1, -0.05) is 66.7 Å². The fourth-order valence-electron chi connectivity index (χ4n) is 4.96. The summed E-state index contributed by atoms with van der Waals surface area (Å²) in [6.45, 7) is 0. The van der Waals surface area contributed by atoms with Gasteiger partial charge in [0.05, 0.1) is 11.4 Å². The maximum Gasteiger partial charge on any atom is 0.136 e. The van der Waals surface area contributed by atoms with Crippen LogP contribution in [0.5, 0.6) is 0 Å².